The van der Waals surface area contributed by atoms with Gasteiger partial charge in [-0.1, -0.05) is 30.3 Å². The molecule has 0 fully saturated rings. The van der Waals surface area contributed by atoms with Crippen LogP contribution in [0.2, 0.25) is 0 Å². The van der Waals surface area contributed by atoms with Crippen LogP contribution < -0.4 is 4.72 Å². The van der Waals surface area contributed by atoms with Crippen molar-refractivity contribution < 1.29 is 27.5 Å². The summed E-state index contributed by atoms with van der Waals surface area (Å²) >= 11 is 0. The first-order chi connectivity index (χ1) is 9.89. The van der Waals surface area contributed by atoms with Crippen molar-refractivity contribution in [2.75, 3.05) is 20.0 Å². The molecule has 1 atom stereocenters. The SMILES string of the molecule is COC(=O)CCS(=O)(=O)NC(C(=O)OC)c1ccccc1. The molecule has 1 N–H and O–H groups in total. The number of methoxy groups -OCH3 is 2. The smallest absolute Gasteiger partial charge is 0.328 e. The molecule has 0 aromatic heterocycles. The third-order valence-corrected chi connectivity index (χ3v) is 4.01. The first-order valence-electron chi connectivity index (χ1n) is 6.09. The monoisotopic (exact) mass is 315 g/mol. The molecule has 0 spiro atoms. The van der Waals surface area contributed by atoms with Crippen molar-refractivity contribution in [3.05, 3.63) is 35.9 Å². The Balaban J connectivity index is 2.87. The van der Waals surface area contributed by atoms with E-state index >= 15 is 0 Å². The van der Waals surface area contributed by atoms with Gasteiger partial charge in [-0.3, -0.25) is 4.79 Å². The van der Waals surface area contributed by atoms with Crippen LogP contribution in [0.4, 0.5) is 0 Å². The van der Waals surface area contributed by atoms with Gasteiger partial charge >= 0.3 is 11.9 Å². The second-order valence-corrected chi connectivity index (χ2v) is 6.00. The molecule has 8 heteroatoms. The maximum Gasteiger partial charge on any atom is 0.328 e. The molecule has 0 radical (unpaired) electrons. The van der Waals surface area contributed by atoms with Crippen molar-refractivity contribution in [1.82, 2.24) is 4.72 Å². The highest BCUT2D eigenvalue weighted by Gasteiger charge is 2.27. The van der Waals surface area contributed by atoms with Crippen LogP contribution in [0.5, 0.6) is 0 Å². The van der Waals surface area contributed by atoms with E-state index in [9.17, 15) is 18.0 Å². The summed E-state index contributed by atoms with van der Waals surface area (Å²) in [6.07, 6.45) is -0.297. The molecule has 1 unspecified atom stereocenters. The Kier molecular flexibility index (Phi) is 6.32. The molecule has 0 bridgehead atoms. The molecule has 0 aliphatic heterocycles. The van der Waals surface area contributed by atoms with E-state index in [1.807, 2.05) is 0 Å². The topological polar surface area (TPSA) is 98.8 Å². The Hall–Kier alpha value is -1.93. The average Bonchev–Trinajstić information content (AvgIpc) is 2.50. The third-order valence-electron chi connectivity index (χ3n) is 2.67. The first-order valence-corrected chi connectivity index (χ1v) is 7.74. The molecule has 1 rings (SSSR count). The summed E-state index contributed by atoms with van der Waals surface area (Å²) < 4.78 is 35.1. The normalized spacial score (nSPS) is 12.5. The zero-order valence-corrected chi connectivity index (χ0v) is 12.6. The number of nitrogens with one attached hydrogen (secondary N) is 1. The number of carbonyl (C=O) groups excluding carboxylic acids is 2. The summed E-state index contributed by atoms with van der Waals surface area (Å²) in [7, 11) is -1.50. The third kappa shape index (κ3) is 5.52. The molecule has 0 saturated heterocycles. The fourth-order valence-corrected chi connectivity index (χ4v) is 2.72. The minimum Gasteiger partial charge on any atom is -0.469 e. The summed E-state index contributed by atoms with van der Waals surface area (Å²) in [5.41, 5.74) is 0.450. The Bertz CT molecular complexity index is 584. The van der Waals surface area contributed by atoms with Gasteiger partial charge < -0.3 is 9.47 Å². The van der Waals surface area contributed by atoms with E-state index < -0.39 is 33.8 Å². The second kappa shape index (κ2) is 7.75. The zero-order valence-electron chi connectivity index (χ0n) is 11.7. The standard InChI is InChI=1S/C13H17NO6S/c1-19-11(15)8-9-21(17,18)14-12(13(16)20-2)10-6-4-3-5-7-10/h3-7,12,14H,8-9H2,1-2H3. The Morgan fingerprint density at radius 3 is 2.29 bits per heavy atom. The predicted octanol–water partition coefficient (Wildman–Crippen LogP) is 0.383. The van der Waals surface area contributed by atoms with Crippen LogP contribution in [0.15, 0.2) is 30.3 Å². The van der Waals surface area contributed by atoms with Gasteiger partial charge in [0.2, 0.25) is 10.0 Å². The summed E-state index contributed by atoms with van der Waals surface area (Å²) in [6.45, 7) is 0. The minimum absolute atomic E-state index is 0.297. The van der Waals surface area contributed by atoms with Crippen LogP contribution in [0.3, 0.4) is 0 Å². The van der Waals surface area contributed by atoms with E-state index in [1.165, 1.54) is 14.2 Å². The Morgan fingerprint density at radius 2 is 1.76 bits per heavy atom. The van der Waals surface area contributed by atoms with Crippen molar-refractivity contribution in [2.24, 2.45) is 0 Å². The lowest BCUT2D eigenvalue weighted by atomic mass is 10.1. The van der Waals surface area contributed by atoms with Gasteiger partial charge in [0.25, 0.3) is 0 Å². The summed E-state index contributed by atoms with van der Waals surface area (Å²) in [5.74, 6) is -1.85. The maximum atomic E-state index is 11.9. The molecular formula is C13H17NO6S. The van der Waals surface area contributed by atoms with Gasteiger partial charge in [-0.2, -0.15) is 4.72 Å². The van der Waals surface area contributed by atoms with Crippen LogP contribution in [0.25, 0.3) is 0 Å². The number of esters is 2. The number of benzene rings is 1. The molecule has 116 valence electrons. The number of sulfonamides is 1. The van der Waals surface area contributed by atoms with Gasteiger partial charge in [0, 0.05) is 0 Å². The van der Waals surface area contributed by atoms with Gasteiger partial charge in [0.05, 0.1) is 26.4 Å². The fourth-order valence-electron chi connectivity index (χ4n) is 1.57. The van der Waals surface area contributed by atoms with Crippen molar-refractivity contribution >= 4 is 22.0 Å². The average molecular weight is 315 g/mol. The van der Waals surface area contributed by atoms with Crippen molar-refractivity contribution in [1.29, 1.82) is 0 Å². The predicted molar refractivity (Wildman–Crippen MR) is 74.8 cm³/mol. The van der Waals surface area contributed by atoms with Gasteiger partial charge in [-0.05, 0) is 5.56 Å². The molecular weight excluding hydrogens is 298 g/mol. The second-order valence-electron chi connectivity index (χ2n) is 4.13. The molecule has 0 heterocycles. The van der Waals surface area contributed by atoms with Crippen LogP contribution in [0.1, 0.15) is 18.0 Å². The first kappa shape index (κ1) is 17.1. The highest BCUT2D eigenvalue weighted by Crippen LogP contribution is 2.15. The number of carbonyl (C=O) groups is 2. The van der Waals surface area contributed by atoms with E-state index in [0.717, 1.165) is 0 Å². The van der Waals surface area contributed by atoms with Gasteiger partial charge in [0.15, 0.2) is 0 Å². The lowest BCUT2D eigenvalue weighted by molar-refractivity contribution is -0.142. The largest absolute Gasteiger partial charge is 0.469 e. The van der Waals surface area contributed by atoms with E-state index in [4.69, 9.17) is 0 Å². The molecule has 21 heavy (non-hydrogen) atoms. The molecule has 7 nitrogen and oxygen atoms in total. The Labute approximate surface area is 123 Å². The number of hydrogen-bond donors (Lipinski definition) is 1. The van der Waals surface area contributed by atoms with Crippen LogP contribution in [0, 0.1) is 0 Å². The van der Waals surface area contributed by atoms with Crippen molar-refractivity contribution in [3.63, 3.8) is 0 Å². The van der Waals surface area contributed by atoms with E-state index in [1.54, 1.807) is 30.3 Å². The van der Waals surface area contributed by atoms with E-state index in [2.05, 4.69) is 14.2 Å². The van der Waals surface area contributed by atoms with Crippen molar-refractivity contribution in [3.8, 4) is 0 Å². The zero-order chi connectivity index (χ0) is 15.9. The molecule has 1 aromatic rings. The lowest BCUT2D eigenvalue weighted by Crippen LogP contribution is -2.36. The Morgan fingerprint density at radius 1 is 1.14 bits per heavy atom. The molecule has 1 aromatic carbocycles. The summed E-state index contributed by atoms with van der Waals surface area (Å²) in [6, 6.07) is 7.14. The van der Waals surface area contributed by atoms with Gasteiger partial charge in [0.1, 0.15) is 6.04 Å². The lowest BCUT2D eigenvalue weighted by Gasteiger charge is -2.16. The van der Waals surface area contributed by atoms with Gasteiger partial charge in [-0.15, -0.1) is 0 Å². The number of rotatable bonds is 7. The van der Waals surface area contributed by atoms with Crippen LogP contribution >= 0.6 is 0 Å². The molecule has 0 saturated carbocycles. The highest BCUT2D eigenvalue weighted by molar-refractivity contribution is 7.89. The minimum atomic E-state index is -3.84. The molecule has 0 aliphatic carbocycles. The van der Waals surface area contributed by atoms with E-state index in [0.29, 0.717) is 5.56 Å². The number of hydrogen-bond acceptors (Lipinski definition) is 6. The molecule has 0 amide bonds. The maximum absolute atomic E-state index is 11.9. The van der Waals surface area contributed by atoms with E-state index in [-0.39, 0.29) is 6.42 Å². The summed E-state index contributed by atoms with van der Waals surface area (Å²) in [4.78, 5) is 22.7. The van der Waals surface area contributed by atoms with Crippen molar-refractivity contribution in [2.45, 2.75) is 12.5 Å². The highest BCUT2D eigenvalue weighted by atomic mass is 32.2. The quantitative estimate of drug-likeness (QED) is 0.731. The van der Waals surface area contributed by atoms with Gasteiger partial charge in [-0.25, -0.2) is 13.2 Å². The van der Waals surface area contributed by atoms with Crippen LogP contribution in [-0.2, 0) is 29.1 Å². The number of ether oxygens (including phenoxy) is 2. The van der Waals surface area contributed by atoms with Crippen LogP contribution in [-0.4, -0.2) is 40.3 Å². The fraction of sp³-hybridized carbons (Fsp3) is 0.385. The summed E-state index contributed by atoms with van der Waals surface area (Å²) in [5, 5.41) is 0. The molecule has 0 aliphatic rings.